The van der Waals surface area contributed by atoms with Gasteiger partial charge in [-0.3, -0.25) is 9.78 Å². The summed E-state index contributed by atoms with van der Waals surface area (Å²) >= 11 is 0. The Bertz CT molecular complexity index is 765. The Morgan fingerprint density at radius 3 is 2.72 bits per heavy atom. The minimum atomic E-state index is -0.414. The number of benzene rings is 1. The van der Waals surface area contributed by atoms with Crippen LogP contribution in [0.3, 0.4) is 0 Å². The minimum absolute atomic E-state index is 0. The number of carbonyl (C=O) groups excluding carboxylic acids is 1. The van der Waals surface area contributed by atoms with Crippen molar-refractivity contribution in [3.8, 4) is 11.5 Å². The number of pyridine rings is 1. The molecule has 0 radical (unpaired) electrons. The van der Waals surface area contributed by atoms with Gasteiger partial charge >= 0.3 is 0 Å². The molecule has 1 aromatic heterocycles. The molecular formula is C20H27Cl2N3O4. The fourth-order valence-electron chi connectivity index (χ4n) is 2.96. The van der Waals surface area contributed by atoms with Crippen molar-refractivity contribution in [2.45, 2.75) is 38.2 Å². The van der Waals surface area contributed by atoms with Crippen molar-refractivity contribution in [1.29, 1.82) is 0 Å². The molecule has 7 nitrogen and oxygen atoms in total. The SMILES string of the molecule is COc1cc(CNC(=O)[C@@H]2CC[C@H](CN)O2)ccc1OCc1cccnc1.Cl.Cl. The van der Waals surface area contributed by atoms with Crippen molar-refractivity contribution in [3.63, 3.8) is 0 Å². The zero-order valence-corrected chi connectivity index (χ0v) is 17.8. The average molecular weight is 444 g/mol. The normalized spacial score (nSPS) is 17.6. The van der Waals surface area contributed by atoms with E-state index in [1.54, 1.807) is 19.5 Å². The smallest absolute Gasteiger partial charge is 0.249 e. The summed E-state index contributed by atoms with van der Waals surface area (Å²) in [6.45, 7) is 1.24. The number of hydrogen-bond donors (Lipinski definition) is 2. The van der Waals surface area contributed by atoms with Crippen molar-refractivity contribution < 1.29 is 19.0 Å². The van der Waals surface area contributed by atoms with Crippen LogP contribution in [0.4, 0.5) is 0 Å². The number of halogens is 2. The zero-order valence-electron chi connectivity index (χ0n) is 16.2. The number of methoxy groups -OCH3 is 1. The van der Waals surface area contributed by atoms with E-state index >= 15 is 0 Å². The first kappa shape index (κ1) is 25.0. The van der Waals surface area contributed by atoms with Crippen molar-refractivity contribution >= 4 is 30.7 Å². The van der Waals surface area contributed by atoms with Crippen LogP contribution in [0, 0.1) is 0 Å². The number of rotatable bonds is 8. The molecule has 0 bridgehead atoms. The van der Waals surface area contributed by atoms with Crippen LogP contribution in [-0.2, 0) is 22.7 Å². The molecular weight excluding hydrogens is 417 g/mol. The second kappa shape index (κ2) is 12.5. The highest BCUT2D eigenvalue weighted by molar-refractivity contribution is 5.85. The summed E-state index contributed by atoms with van der Waals surface area (Å²) in [4.78, 5) is 16.3. The molecule has 1 amide bonds. The number of nitrogens with zero attached hydrogens (tertiary/aromatic N) is 1. The topological polar surface area (TPSA) is 95.7 Å². The van der Waals surface area contributed by atoms with Gasteiger partial charge in [0.25, 0.3) is 0 Å². The van der Waals surface area contributed by atoms with Crippen molar-refractivity contribution in [2.75, 3.05) is 13.7 Å². The third kappa shape index (κ3) is 7.04. The largest absolute Gasteiger partial charge is 0.493 e. The van der Waals surface area contributed by atoms with Gasteiger partial charge in [-0.1, -0.05) is 12.1 Å². The molecule has 1 aliphatic heterocycles. The first-order chi connectivity index (χ1) is 13.2. The van der Waals surface area contributed by atoms with E-state index in [4.69, 9.17) is 19.9 Å². The van der Waals surface area contributed by atoms with E-state index in [1.165, 1.54) is 0 Å². The predicted molar refractivity (Wildman–Crippen MR) is 115 cm³/mol. The highest BCUT2D eigenvalue weighted by Gasteiger charge is 2.29. The maximum Gasteiger partial charge on any atom is 0.249 e. The van der Waals surface area contributed by atoms with Crippen LogP contribution in [0.5, 0.6) is 11.5 Å². The van der Waals surface area contributed by atoms with Crippen LogP contribution in [0.1, 0.15) is 24.0 Å². The molecule has 29 heavy (non-hydrogen) atoms. The lowest BCUT2D eigenvalue weighted by atomic mass is 10.1. The number of ether oxygens (including phenoxy) is 3. The van der Waals surface area contributed by atoms with Crippen LogP contribution in [0.25, 0.3) is 0 Å². The van der Waals surface area contributed by atoms with Crippen LogP contribution >= 0.6 is 24.8 Å². The first-order valence-corrected chi connectivity index (χ1v) is 9.01. The Morgan fingerprint density at radius 1 is 1.24 bits per heavy atom. The molecule has 0 saturated carbocycles. The van der Waals surface area contributed by atoms with Gasteiger partial charge in [0.1, 0.15) is 12.7 Å². The van der Waals surface area contributed by atoms with Crippen LogP contribution in [-0.4, -0.2) is 36.8 Å². The van der Waals surface area contributed by atoms with Gasteiger partial charge in [0.05, 0.1) is 13.2 Å². The number of aromatic nitrogens is 1. The highest BCUT2D eigenvalue weighted by atomic mass is 35.5. The Labute approximate surface area is 183 Å². The van der Waals surface area contributed by atoms with Crippen molar-refractivity contribution in [1.82, 2.24) is 10.3 Å². The molecule has 9 heteroatoms. The fraction of sp³-hybridized carbons (Fsp3) is 0.400. The summed E-state index contributed by atoms with van der Waals surface area (Å²) in [6, 6.07) is 9.42. The molecule has 160 valence electrons. The fourth-order valence-corrected chi connectivity index (χ4v) is 2.96. The summed E-state index contributed by atoms with van der Waals surface area (Å²) in [6.07, 6.45) is 4.58. The van der Waals surface area contributed by atoms with Gasteiger partial charge in [0.2, 0.25) is 5.91 Å². The van der Waals surface area contributed by atoms with E-state index in [9.17, 15) is 4.79 Å². The molecule has 1 aliphatic rings. The molecule has 2 atom stereocenters. The molecule has 3 N–H and O–H groups in total. The lowest BCUT2D eigenvalue weighted by Gasteiger charge is -2.14. The summed E-state index contributed by atoms with van der Waals surface area (Å²) in [7, 11) is 1.59. The second-order valence-electron chi connectivity index (χ2n) is 6.41. The van der Waals surface area contributed by atoms with Gasteiger partial charge in [-0.15, -0.1) is 24.8 Å². The highest BCUT2D eigenvalue weighted by Crippen LogP contribution is 2.29. The Morgan fingerprint density at radius 2 is 2.07 bits per heavy atom. The quantitative estimate of drug-likeness (QED) is 0.650. The maximum absolute atomic E-state index is 12.2. The second-order valence-corrected chi connectivity index (χ2v) is 6.41. The van der Waals surface area contributed by atoms with Gasteiger partial charge in [-0.05, 0) is 36.6 Å². The third-order valence-electron chi connectivity index (χ3n) is 4.47. The molecule has 2 heterocycles. The third-order valence-corrected chi connectivity index (χ3v) is 4.47. The van der Waals surface area contributed by atoms with Gasteiger partial charge < -0.3 is 25.3 Å². The van der Waals surface area contributed by atoms with Crippen molar-refractivity contribution in [3.05, 3.63) is 53.9 Å². The van der Waals surface area contributed by atoms with Crippen molar-refractivity contribution in [2.24, 2.45) is 5.73 Å². The summed E-state index contributed by atoms with van der Waals surface area (Å²) in [5.41, 5.74) is 7.48. The first-order valence-electron chi connectivity index (χ1n) is 9.01. The standard InChI is InChI=1S/C20H25N3O4.2ClH/c1-25-19-9-14(12-23-20(24)18-7-5-16(10-21)27-18)4-6-17(19)26-13-15-3-2-8-22-11-15;;/h2-4,6,8-9,11,16,18H,5,7,10,12-13,21H2,1H3,(H,23,24);2*1H/t16-,18+;;/m1../s1. The monoisotopic (exact) mass is 443 g/mol. The summed E-state index contributed by atoms with van der Waals surface area (Å²) < 4.78 is 16.8. The van der Waals surface area contributed by atoms with Crippen LogP contribution in [0.2, 0.25) is 0 Å². The lowest BCUT2D eigenvalue weighted by molar-refractivity contribution is -0.132. The van der Waals surface area contributed by atoms with E-state index in [-0.39, 0.29) is 36.8 Å². The van der Waals surface area contributed by atoms with Crippen LogP contribution in [0.15, 0.2) is 42.7 Å². The number of nitrogens with one attached hydrogen (secondary N) is 1. The minimum Gasteiger partial charge on any atom is -0.493 e. The van der Waals surface area contributed by atoms with E-state index < -0.39 is 6.10 Å². The van der Waals surface area contributed by atoms with E-state index in [2.05, 4.69) is 10.3 Å². The van der Waals surface area contributed by atoms with Gasteiger partial charge in [0, 0.05) is 31.0 Å². The van der Waals surface area contributed by atoms with E-state index in [0.29, 0.717) is 37.6 Å². The molecule has 1 fully saturated rings. The molecule has 0 spiro atoms. The van der Waals surface area contributed by atoms with Crippen LogP contribution < -0.4 is 20.5 Å². The maximum atomic E-state index is 12.2. The number of hydrogen-bond acceptors (Lipinski definition) is 6. The van der Waals surface area contributed by atoms with Gasteiger partial charge in [0.15, 0.2) is 11.5 Å². The lowest BCUT2D eigenvalue weighted by Crippen LogP contribution is -2.35. The number of amides is 1. The Kier molecular flexibility index (Phi) is 10.8. The number of nitrogens with two attached hydrogens (primary N) is 1. The molecule has 0 aliphatic carbocycles. The molecule has 0 unspecified atom stereocenters. The Hall–Kier alpha value is -2.06. The average Bonchev–Trinajstić information content (AvgIpc) is 3.21. The zero-order chi connectivity index (χ0) is 19.1. The Balaban J connectivity index is 0.00000210. The summed E-state index contributed by atoms with van der Waals surface area (Å²) in [5, 5.41) is 2.90. The molecule has 1 saturated heterocycles. The van der Waals surface area contributed by atoms with Gasteiger partial charge in [-0.2, -0.15) is 0 Å². The molecule has 1 aromatic carbocycles. The molecule has 2 aromatic rings. The summed E-state index contributed by atoms with van der Waals surface area (Å²) in [5.74, 6) is 1.15. The van der Waals surface area contributed by atoms with E-state index in [0.717, 1.165) is 17.5 Å². The molecule has 3 rings (SSSR count). The predicted octanol–water partition coefficient (Wildman–Crippen LogP) is 2.64. The number of carbonyl (C=O) groups is 1. The van der Waals surface area contributed by atoms with Gasteiger partial charge in [-0.25, -0.2) is 0 Å². The van der Waals surface area contributed by atoms with E-state index in [1.807, 2.05) is 30.3 Å².